The molecule has 0 spiro atoms. The highest BCUT2D eigenvalue weighted by molar-refractivity contribution is 6.21. The maximum atomic E-state index is 12.1. The second-order valence-corrected chi connectivity index (χ2v) is 4.44. The summed E-state index contributed by atoms with van der Waals surface area (Å²) in [6.07, 6.45) is 0. The molecule has 1 aromatic carbocycles. The molecule has 3 N–H and O–H groups in total. The van der Waals surface area contributed by atoms with Gasteiger partial charge in [0.15, 0.2) is 0 Å². The lowest BCUT2D eigenvalue weighted by Gasteiger charge is -2.14. The van der Waals surface area contributed by atoms with Crippen molar-refractivity contribution in [3.63, 3.8) is 0 Å². The molecule has 0 unspecified atom stereocenters. The average molecular weight is 233 g/mol. The van der Waals surface area contributed by atoms with Crippen LogP contribution in [-0.2, 0) is 4.79 Å². The Morgan fingerprint density at radius 1 is 1.35 bits per heavy atom. The maximum Gasteiger partial charge on any atom is 0.329 e. The molecule has 0 aromatic heterocycles. The number of imide groups is 1. The summed E-state index contributed by atoms with van der Waals surface area (Å²) in [6.45, 7) is 3.79. The van der Waals surface area contributed by atoms with Crippen molar-refractivity contribution in [3.05, 3.63) is 24.3 Å². The van der Waals surface area contributed by atoms with Gasteiger partial charge in [0, 0.05) is 5.69 Å². The van der Waals surface area contributed by atoms with Gasteiger partial charge in [-0.05, 0) is 24.1 Å². The molecule has 1 aliphatic rings. The Morgan fingerprint density at radius 2 is 2.06 bits per heavy atom. The van der Waals surface area contributed by atoms with E-state index in [4.69, 9.17) is 5.73 Å². The molecule has 3 amide bonds. The van der Waals surface area contributed by atoms with Crippen LogP contribution in [0.4, 0.5) is 16.2 Å². The van der Waals surface area contributed by atoms with Gasteiger partial charge in [-0.3, -0.25) is 4.79 Å². The summed E-state index contributed by atoms with van der Waals surface area (Å²) in [4.78, 5) is 25.0. The molecule has 90 valence electrons. The molecular formula is C12H15N3O2. The molecule has 1 atom stereocenters. The lowest BCUT2D eigenvalue weighted by Crippen LogP contribution is -2.34. The number of amides is 3. The van der Waals surface area contributed by atoms with Crippen molar-refractivity contribution in [1.82, 2.24) is 5.32 Å². The summed E-state index contributed by atoms with van der Waals surface area (Å²) in [5.41, 5.74) is 6.68. The van der Waals surface area contributed by atoms with Crippen LogP contribution >= 0.6 is 0 Å². The van der Waals surface area contributed by atoms with E-state index in [1.165, 1.54) is 0 Å². The van der Waals surface area contributed by atoms with E-state index in [-0.39, 0.29) is 17.9 Å². The van der Waals surface area contributed by atoms with Crippen LogP contribution in [0.1, 0.15) is 13.8 Å². The number of benzene rings is 1. The molecule has 2 rings (SSSR count). The van der Waals surface area contributed by atoms with Gasteiger partial charge in [0.25, 0.3) is 5.91 Å². The number of hydrogen-bond acceptors (Lipinski definition) is 3. The molecular weight excluding hydrogens is 218 g/mol. The van der Waals surface area contributed by atoms with Gasteiger partial charge in [0.05, 0.1) is 5.69 Å². The van der Waals surface area contributed by atoms with Crippen LogP contribution in [-0.4, -0.2) is 18.0 Å². The van der Waals surface area contributed by atoms with Gasteiger partial charge < -0.3 is 11.1 Å². The number of anilines is 2. The summed E-state index contributed by atoms with van der Waals surface area (Å²) >= 11 is 0. The summed E-state index contributed by atoms with van der Waals surface area (Å²) in [5.74, 6) is -0.159. The van der Waals surface area contributed by atoms with Gasteiger partial charge in [-0.1, -0.05) is 19.9 Å². The predicted molar refractivity (Wildman–Crippen MR) is 65.5 cm³/mol. The number of urea groups is 1. The quantitative estimate of drug-likeness (QED) is 0.598. The molecule has 0 radical (unpaired) electrons. The van der Waals surface area contributed by atoms with Crippen molar-refractivity contribution in [2.24, 2.45) is 5.92 Å². The number of carbonyl (C=O) groups excluding carboxylic acids is 2. The van der Waals surface area contributed by atoms with Crippen molar-refractivity contribution in [2.45, 2.75) is 19.9 Å². The number of nitrogens with zero attached hydrogens (tertiary/aromatic N) is 1. The summed E-state index contributed by atoms with van der Waals surface area (Å²) in [6, 6.07) is 5.88. The van der Waals surface area contributed by atoms with Crippen molar-refractivity contribution in [2.75, 3.05) is 10.6 Å². The van der Waals surface area contributed by atoms with Gasteiger partial charge in [-0.2, -0.15) is 0 Å². The monoisotopic (exact) mass is 233 g/mol. The zero-order chi connectivity index (χ0) is 12.6. The second kappa shape index (κ2) is 4.08. The van der Waals surface area contributed by atoms with E-state index in [9.17, 15) is 9.59 Å². The normalized spacial score (nSPS) is 19.9. The zero-order valence-corrected chi connectivity index (χ0v) is 9.81. The minimum atomic E-state index is -0.455. The highest BCUT2D eigenvalue weighted by Crippen LogP contribution is 2.23. The highest BCUT2D eigenvalue weighted by Gasteiger charge is 2.40. The van der Waals surface area contributed by atoms with Crippen LogP contribution in [0.15, 0.2) is 24.3 Å². The number of hydrogen-bond donors (Lipinski definition) is 2. The Bertz CT molecular complexity index is 471. The standard InChI is InChI=1S/C12H15N3O2/c1-7(2)10-11(16)15(12(17)14-10)9-5-3-4-8(13)6-9/h3-7,10H,13H2,1-2H3,(H,14,17)/t10-/m1/s1. The van der Waals surface area contributed by atoms with Crippen molar-refractivity contribution >= 4 is 23.3 Å². The van der Waals surface area contributed by atoms with Crippen LogP contribution in [0.2, 0.25) is 0 Å². The Labute approximate surface area is 99.6 Å². The SMILES string of the molecule is CC(C)[C@H]1NC(=O)N(c2cccc(N)c2)C1=O. The van der Waals surface area contributed by atoms with Crippen LogP contribution in [0.3, 0.4) is 0 Å². The van der Waals surface area contributed by atoms with Gasteiger partial charge >= 0.3 is 6.03 Å². The molecule has 0 saturated carbocycles. The van der Waals surface area contributed by atoms with E-state index in [0.29, 0.717) is 11.4 Å². The first kappa shape index (κ1) is 11.4. The van der Waals surface area contributed by atoms with Crippen molar-refractivity contribution in [1.29, 1.82) is 0 Å². The Morgan fingerprint density at radius 3 is 2.59 bits per heavy atom. The molecule has 1 fully saturated rings. The van der Waals surface area contributed by atoms with Gasteiger partial charge in [0.1, 0.15) is 6.04 Å². The van der Waals surface area contributed by atoms with Crippen LogP contribution < -0.4 is 16.0 Å². The van der Waals surface area contributed by atoms with Crippen molar-refractivity contribution < 1.29 is 9.59 Å². The lowest BCUT2D eigenvalue weighted by molar-refractivity contribution is -0.119. The fourth-order valence-corrected chi connectivity index (χ4v) is 1.86. The number of nitrogens with two attached hydrogens (primary N) is 1. The third kappa shape index (κ3) is 1.95. The van der Waals surface area contributed by atoms with E-state index in [2.05, 4.69) is 5.32 Å². The van der Waals surface area contributed by atoms with E-state index in [1.807, 2.05) is 13.8 Å². The van der Waals surface area contributed by atoms with Crippen LogP contribution in [0.25, 0.3) is 0 Å². The highest BCUT2D eigenvalue weighted by atomic mass is 16.2. The molecule has 1 aromatic rings. The first-order valence-electron chi connectivity index (χ1n) is 5.50. The third-order valence-corrected chi connectivity index (χ3v) is 2.76. The van der Waals surface area contributed by atoms with Gasteiger partial charge in [-0.15, -0.1) is 0 Å². The number of nitrogen functional groups attached to an aromatic ring is 1. The Hall–Kier alpha value is -2.04. The summed E-state index contributed by atoms with van der Waals surface area (Å²) < 4.78 is 0. The number of carbonyl (C=O) groups is 2. The van der Waals surface area contributed by atoms with E-state index in [0.717, 1.165) is 4.90 Å². The third-order valence-electron chi connectivity index (χ3n) is 2.76. The molecule has 17 heavy (non-hydrogen) atoms. The molecule has 1 heterocycles. The van der Waals surface area contributed by atoms with Crippen molar-refractivity contribution in [3.8, 4) is 0 Å². The predicted octanol–water partition coefficient (Wildman–Crippen LogP) is 1.35. The van der Waals surface area contributed by atoms with Crippen LogP contribution in [0.5, 0.6) is 0 Å². The smallest absolute Gasteiger partial charge is 0.329 e. The van der Waals surface area contributed by atoms with E-state index < -0.39 is 6.04 Å². The first-order chi connectivity index (χ1) is 8.00. The fraction of sp³-hybridized carbons (Fsp3) is 0.333. The number of nitrogens with one attached hydrogen (secondary N) is 1. The second-order valence-electron chi connectivity index (χ2n) is 4.44. The van der Waals surface area contributed by atoms with Gasteiger partial charge in [-0.25, -0.2) is 9.69 Å². The largest absolute Gasteiger partial charge is 0.399 e. The van der Waals surface area contributed by atoms with Crippen LogP contribution in [0, 0.1) is 5.92 Å². The first-order valence-corrected chi connectivity index (χ1v) is 5.50. The molecule has 0 aliphatic carbocycles. The Kier molecular flexibility index (Phi) is 2.75. The lowest BCUT2D eigenvalue weighted by atomic mass is 10.0. The molecule has 1 saturated heterocycles. The molecule has 5 heteroatoms. The number of rotatable bonds is 2. The minimum absolute atomic E-state index is 0.0671. The topological polar surface area (TPSA) is 75.4 Å². The molecule has 5 nitrogen and oxygen atoms in total. The van der Waals surface area contributed by atoms with Gasteiger partial charge in [0.2, 0.25) is 0 Å². The zero-order valence-electron chi connectivity index (χ0n) is 9.81. The maximum absolute atomic E-state index is 12.1. The summed E-state index contributed by atoms with van der Waals surface area (Å²) in [7, 11) is 0. The summed E-state index contributed by atoms with van der Waals surface area (Å²) in [5, 5.41) is 2.67. The molecule has 0 bridgehead atoms. The average Bonchev–Trinajstić information content (AvgIpc) is 2.54. The minimum Gasteiger partial charge on any atom is -0.399 e. The van der Waals surface area contributed by atoms with E-state index in [1.54, 1.807) is 24.3 Å². The Balaban J connectivity index is 2.34. The fourth-order valence-electron chi connectivity index (χ4n) is 1.86. The molecule has 1 aliphatic heterocycles. The van der Waals surface area contributed by atoms with E-state index >= 15 is 0 Å².